The Morgan fingerprint density at radius 1 is 1.31 bits per heavy atom. The number of thiophene rings is 1. The third kappa shape index (κ3) is 4.52. The Balaban J connectivity index is 1.57. The normalized spacial score (nSPS) is 12.8. The Kier molecular flexibility index (Phi) is 6.07. The monoisotopic (exact) mass is 367 g/mol. The molecule has 0 saturated heterocycles. The zero-order valence-corrected chi connectivity index (χ0v) is 16.3. The molecule has 0 aliphatic heterocycles. The van der Waals surface area contributed by atoms with Crippen molar-refractivity contribution in [1.29, 1.82) is 0 Å². The fourth-order valence-electron chi connectivity index (χ4n) is 2.81. The average Bonchev–Trinajstić information content (AvgIpc) is 3.35. The number of hydrogen-bond acceptors (Lipinski definition) is 3. The summed E-state index contributed by atoms with van der Waals surface area (Å²) in [6.07, 6.45) is 3.97. The number of nitrogens with one attached hydrogen (secondary N) is 1. The predicted octanol–water partition coefficient (Wildman–Crippen LogP) is 3.74. The number of nitrogens with zero attached hydrogens (tertiary/aromatic N) is 4. The Hall–Kier alpha value is -2.60. The van der Waals surface area contributed by atoms with Crippen LogP contribution in [0.3, 0.4) is 0 Å². The number of benzene rings is 1. The number of guanidine groups is 1. The third-order valence-electron chi connectivity index (χ3n) is 4.33. The first-order valence-corrected chi connectivity index (χ1v) is 9.64. The molecular formula is C20H25N5S. The van der Waals surface area contributed by atoms with Crippen LogP contribution in [0.1, 0.15) is 24.0 Å². The lowest BCUT2D eigenvalue weighted by Gasteiger charge is -2.23. The van der Waals surface area contributed by atoms with E-state index in [1.807, 2.05) is 55.3 Å². The van der Waals surface area contributed by atoms with Gasteiger partial charge in [-0.1, -0.05) is 25.1 Å². The maximum Gasteiger partial charge on any atom is 0.193 e. The highest BCUT2D eigenvalue weighted by Gasteiger charge is 2.11. The van der Waals surface area contributed by atoms with E-state index in [0.29, 0.717) is 5.92 Å². The van der Waals surface area contributed by atoms with Gasteiger partial charge in [0.1, 0.15) is 0 Å². The van der Waals surface area contributed by atoms with Crippen molar-refractivity contribution in [2.75, 3.05) is 20.6 Å². The molecule has 5 nitrogen and oxygen atoms in total. The van der Waals surface area contributed by atoms with Crippen molar-refractivity contribution >= 4 is 17.3 Å². The average molecular weight is 368 g/mol. The minimum Gasteiger partial charge on any atom is -0.356 e. The van der Waals surface area contributed by atoms with Gasteiger partial charge in [0.2, 0.25) is 0 Å². The van der Waals surface area contributed by atoms with Crippen molar-refractivity contribution in [2.24, 2.45) is 4.99 Å². The zero-order valence-electron chi connectivity index (χ0n) is 15.5. The Morgan fingerprint density at radius 2 is 2.12 bits per heavy atom. The minimum atomic E-state index is 0.451. The number of aromatic nitrogens is 2. The van der Waals surface area contributed by atoms with Crippen LogP contribution < -0.4 is 5.32 Å². The topological polar surface area (TPSA) is 45.5 Å². The summed E-state index contributed by atoms with van der Waals surface area (Å²) in [6, 6.07) is 12.3. The van der Waals surface area contributed by atoms with Crippen molar-refractivity contribution < 1.29 is 0 Å². The molecule has 1 N–H and O–H groups in total. The highest BCUT2D eigenvalue weighted by molar-refractivity contribution is 7.07. The van der Waals surface area contributed by atoms with Crippen LogP contribution in [0.5, 0.6) is 0 Å². The summed E-state index contributed by atoms with van der Waals surface area (Å²) in [4.78, 5) is 6.53. The third-order valence-corrected chi connectivity index (χ3v) is 5.03. The van der Waals surface area contributed by atoms with E-state index in [1.54, 1.807) is 11.3 Å². The predicted molar refractivity (Wildman–Crippen MR) is 109 cm³/mol. The molecule has 0 radical (unpaired) electrons. The standard InChI is InChI=1S/C20H25N5S/c1-16(18-9-10-26-15-18)11-22-20(21-2)24(3)13-17-12-23-25(14-17)19-7-5-4-6-8-19/h4-10,12,14-16H,11,13H2,1-3H3,(H,21,22). The van der Waals surface area contributed by atoms with E-state index in [1.165, 1.54) is 5.56 Å². The number of para-hydroxylation sites is 1. The molecule has 0 aliphatic rings. The van der Waals surface area contributed by atoms with Gasteiger partial charge >= 0.3 is 0 Å². The zero-order chi connectivity index (χ0) is 18.4. The summed E-state index contributed by atoms with van der Waals surface area (Å²) in [5, 5.41) is 12.3. The summed E-state index contributed by atoms with van der Waals surface area (Å²) >= 11 is 1.74. The fraction of sp³-hybridized carbons (Fsp3) is 0.300. The molecule has 3 rings (SSSR count). The summed E-state index contributed by atoms with van der Waals surface area (Å²) in [7, 11) is 3.87. The van der Waals surface area contributed by atoms with Gasteiger partial charge in [-0.05, 0) is 40.4 Å². The SMILES string of the molecule is CN=C(NCC(C)c1ccsc1)N(C)Cc1cnn(-c2ccccc2)c1. The van der Waals surface area contributed by atoms with E-state index in [9.17, 15) is 0 Å². The van der Waals surface area contributed by atoms with Gasteiger partial charge in [0.25, 0.3) is 0 Å². The van der Waals surface area contributed by atoms with E-state index in [2.05, 4.69) is 50.3 Å². The molecule has 0 aliphatic carbocycles. The van der Waals surface area contributed by atoms with Gasteiger partial charge in [0.05, 0.1) is 11.9 Å². The highest BCUT2D eigenvalue weighted by Crippen LogP contribution is 2.17. The Labute approximate surface area is 159 Å². The first kappa shape index (κ1) is 18.2. The summed E-state index contributed by atoms with van der Waals surface area (Å²) in [5.74, 6) is 1.34. The Bertz CT molecular complexity index is 823. The molecule has 1 aromatic carbocycles. The quantitative estimate of drug-likeness (QED) is 0.533. The van der Waals surface area contributed by atoms with Crippen LogP contribution in [0.15, 0.2) is 64.5 Å². The van der Waals surface area contributed by atoms with Crippen molar-refractivity contribution in [3.8, 4) is 5.69 Å². The maximum absolute atomic E-state index is 4.46. The van der Waals surface area contributed by atoms with Crippen molar-refractivity contribution in [1.82, 2.24) is 20.0 Å². The summed E-state index contributed by atoms with van der Waals surface area (Å²) < 4.78 is 1.90. The molecule has 2 heterocycles. The van der Waals surface area contributed by atoms with E-state index < -0.39 is 0 Å². The van der Waals surface area contributed by atoms with Gasteiger partial charge in [-0.15, -0.1) is 0 Å². The van der Waals surface area contributed by atoms with Gasteiger partial charge in [-0.3, -0.25) is 4.99 Å². The molecule has 0 fully saturated rings. The van der Waals surface area contributed by atoms with Gasteiger partial charge in [0.15, 0.2) is 5.96 Å². The maximum atomic E-state index is 4.46. The van der Waals surface area contributed by atoms with Crippen LogP contribution in [0.4, 0.5) is 0 Å². The lowest BCUT2D eigenvalue weighted by Crippen LogP contribution is -2.39. The molecule has 0 saturated carbocycles. The van der Waals surface area contributed by atoms with Gasteiger partial charge in [-0.25, -0.2) is 4.68 Å². The first-order chi connectivity index (χ1) is 12.7. The largest absolute Gasteiger partial charge is 0.356 e. The van der Waals surface area contributed by atoms with Gasteiger partial charge in [0, 0.05) is 38.9 Å². The second kappa shape index (κ2) is 8.67. The second-order valence-electron chi connectivity index (χ2n) is 6.37. The Morgan fingerprint density at radius 3 is 2.81 bits per heavy atom. The molecule has 1 atom stereocenters. The minimum absolute atomic E-state index is 0.451. The van der Waals surface area contributed by atoms with Crippen LogP contribution in [0, 0.1) is 0 Å². The molecule has 3 aromatic rings. The highest BCUT2D eigenvalue weighted by atomic mass is 32.1. The van der Waals surface area contributed by atoms with Crippen LogP contribution in [0.25, 0.3) is 5.69 Å². The lowest BCUT2D eigenvalue weighted by atomic mass is 10.1. The van der Waals surface area contributed by atoms with Crippen LogP contribution in [-0.2, 0) is 6.54 Å². The van der Waals surface area contributed by atoms with Crippen LogP contribution in [-0.4, -0.2) is 41.3 Å². The molecule has 136 valence electrons. The fourth-order valence-corrected chi connectivity index (χ4v) is 3.60. The molecule has 1 unspecified atom stereocenters. The van der Waals surface area contributed by atoms with Crippen LogP contribution in [0.2, 0.25) is 0 Å². The summed E-state index contributed by atoms with van der Waals surface area (Å²) in [5.41, 5.74) is 3.57. The van der Waals surface area contributed by atoms with Crippen LogP contribution >= 0.6 is 11.3 Å². The molecule has 0 amide bonds. The van der Waals surface area contributed by atoms with Crippen molar-refractivity contribution in [2.45, 2.75) is 19.4 Å². The number of rotatable bonds is 6. The molecular weight excluding hydrogens is 342 g/mol. The smallest absolute Gasteiger partial charge is 0.193 e. The first-order valence-electron chi connectivity index (χ1n) is 8.70. The van der Waals surface area contributed by atoms with Crippen molar-refractivity contribution in [3.63, 3.8) is 0 Å². The van der Waals surface area contributed by atoms with Gasteiger partial charge < -0.3 is 10.2 Å². The molecule has 26 heavy (non-hydrogen) atoms. The summed E-state index contributed by atoms with van der Waals surface area (Å²) in [6.45, 7) is 3.84. The molecule has 6 heteroatoms. The van der Waals surface area contributed by atoms with E-state index in [-0.39, 0.29) is 0 Å². The van der Waals surface area contributed by atoms with Gasteiger partial charge in [-0.2, -0.15) is 16.4 Å². The molecule has 0 bridgehead atoms. The number of aliphatic imine (C=N–C) groups is 1. The second-order valence-corrected chi connectivity index (χ2v) is 7.15. The van der Waals surface area contributed by atoms with E-state index in [4.69, 9.17) is 0 Å². The molecule has 0 spiro atoms. The van der Waals surface area contributed by atoms with E-state index >= 15 is 0 Å². The lowest BCUT2D eigenvalue weighted by molar-refractivity contribution is 0.473. The van der Waals surface area contributed by atoms with E-state index in [0.717, 1.165) is 30.3 Å². The molecule has 2 aromatic heterocycles. The number of hydrogen-bond donors (Lipinski definition) is 1. The van der Waals surface area contributed by atoms with Crippen molar-refractivity contribution in [3.05, 3.63) is 70.7 Å².